The van der Waals surface area contributed by atoms with Crippen LogP contribution in [0, 0.1) is 27.4 Å². The lowest BCUT2D eigenvalue weighted by Crippen LogP contribution is -2.43. The summed E-state index contributed by atoms with van der Waals surface area (Å²) in [6, 6.07) is 33.1. The number of nitrogens with zero attached hydrogens (tertiary/aromatic N) is 6. The minimum atomic E-state index is -1.98. The van der Waals surface area contributed by atoms with Gasteiger partial charge in [-0.2, -0.15) is 10.2 Å². The number of imidazole rings is 1. The van der Waals surface area contributed by atoms with Crippen LogP contribution < -0.4 is 20.3 Å². The number of anilines is 1. The Hall–Kier alpha value is -6.66. The van der Waals surface area contributed by atoms with Gasteiger partial charge in [-0.3, -0.25) is 34.6 Å². The summed E-state index contributed by atoms with van der Waals surface area (Å²) >= 11 is 0. The highest BCUT2D eigenvalue weighted by atomic mass is 31.2. The Bertz CT molecular complexity index is 2820. The van der Waals surface area contributed by atoms with Crippen LogP contribution in [0.3, 0.4) is 0 Å². The molecule has 1 aliphatic rings. The summed E-state index contributed by atoms with van der Waals surface area (Å²) < 4.78 is 55.8. The number of nitro benzene ring substituents is 1. The van der Waals surface area contributed by atoms with Crippen LogP contribution in [0.15, 0.2) is 114 Å². The Morgan fingerprint density at radius 2 is 1.53 bits per heavy atom. The van der Waals surface area contributed by atoms with E-state index in [0.29, 0.717) is 17.1 Å². The van der Waals surface area contributed by atoms with Gasteiger partial charge in [-0.05, 0) is 74.7 Å². The van der Waals surface area contributed by atoms with E-state index in [1.54, 1.807) is 46.3 Å². The zero-order valence-corrected chi connectivity index (χ0v) is 42.9. The average molecular weight is 1020 g/mol. The number of benzene rings is 4. The molecule has 1 amide bonds. The number of ether oxygens (including phenoxy) is 6. The molecule has 2 N–H and O–H groups in total. The third-order valence-electron chi connectivity index (χ3n) is 12.1. The first-order valence-corrected chi connectivity index (χ1v) is 24.9. The number of hydrogen-bond acceptors (Lipinski definition) is 16. The zero-order chi connectivity index (χ0) is 52.2. The summed E-state index contributed by atoms with van der Waals surface area (Å²) in [6.45, 7) is 10.7. The van der Waals surface area contributed by atoms with Gasteiger partial charge >= 0.3 is 0 Å². The molecule has 0 aliphatic carbocycles. The van der Waals surface area contributed by atoms with Crippen molar-refractivity contribution >= 4 is 37.2 Å². The molecule has 1 unspecified atom stereocenters. The number of fused-ring (bicyclic) bond motifs is 1. The highest BCUT2D eigenvalue weighted by molar-refractivity contribution is 7.44. The lowest BCUT2D eigenvalue weighted by Gasteiger charge is -2.39. The summed E-state index contributed by atoms with van der Waals surface area (Å²) in [5.74, 6) is 0.347. The van der Waals surface area contributed by atoms with Gasteiger partial charge in [0.15, 0.2) is 17.4 Å². The van der Waals surface area contributed by atoms with Gasteiger partial charge in [0.2, 0.25) is 11.9 Å². The second kappa shape index (κ2) is 24.8. The average Bonchev–Trinajstić information content (AvgIpc) is 3.96. The predicted molar refractivity (Wildman–Crippen MR) is 272 cm³/mol. The second-order valence-corrected chi connectivity index (χ2v) is 19.3. The molecule has 7 rings (SSSR count). The number of H-pyrrole nitrogens is 1. The molecule has 1 aliphatic heterocycles. The van der Waals surface area contributed by atoms with E-state index in [-0.39, 0.29) is 67.0 Å². The van der Waals surface area contributed by atoms with Crippen LogP contribution in [0.1, 0.15) is 76.4 Å². The van der Waals surface area contributed by atoms with Crippen molar-refractivity contribution in [3.63, 3.8) is 0 Å². The van der Waals surface area contributed by atoms with Gasteiger partial charge in [0.05, 0.1) is 63.3 Å². The Morgan fingerprint density at radius 3 is 2.12 bits per heavy atom. The number of hydrogen-bond donors (Lipinski definition) is 2. The van der Waals surface area contributed by atoms with E-state index in [1.165, 1.54) is 17.0 Å². The fraction of sp³-hybridized carbons (Fsp3) is 0.404. The summed E-state index contributed by atoms with van der Waals surface area (Å²) in [4.78, 5) is 49.7. The molecule has 2 aromatic heterocycles. The van der Waals surface area contributed by atoms with Crippen molar-refractivity contribution in [2.45, 2.75) is 96.8 Å². The number of rotatable bonds is 25. The number of methoxy groups -OCH3 is 2. The molecule has 3 heterocycles. The normalized spacial score (nSPS) is 17.4. The van der Waals surface area contributed by atoms with Crippen molar-refractivity contribution in [2.24, 2.45) is 5.92 Å². The molecular weight excluding hydrogens is 960 g/mol. The highest BCUT2D eigenvalue weighted by Gasteiger charge is 2.52. The Kier molecular flexibility index (Phi) is 18.4. The van der Waals surface area contributed by atoms with Gasteiger partial charge in [-0.25, -0.2) is 9.65 Å². The SMILES string of the molecule is COc1ccc(C(OC[C@@H]2O[C@H](n3cnc4c(=O)[nH]c(NC(=O)C(C)C)nc43)[C@@H](OCOCc3ccccc3[N+](=O)[O-])[C@H]2OP(OCCC#N)N(C(C)C)C(C)C)(c2ccccc2)c2ccc(OC)cc2)cc1. The minimum absolute atomic E-state index is 0.0512. The van der Waals surface area contributed by atoms with E-state index in [1.807, 2.05) is 107 Å². The molecule has 0 spiro atoms. The van der Waals surface area contributed by atoms with Crippen LogP contribution >= 0.6 is 8.53 Å². The Morgan fingerprint density at radius 1 is 0.918 bits per heavy atom. The number of aromatic nitrogens is 4. The first-order chi connectivity index (χ1) is 35.2. The first kappa shape index (κ1) is 54.1. The molecular formula is C52H61N8O12P. The molecule has 73 heavy (non-hydrogen) atoms. The molecule has 0 saturated carbocycles. The van der Waals surface area contributed by atoms with Gasteiger partial charge < -0.3 is 37.5 Å². The zero-order valence-electron chi connectivity index (χ0n) is 42.0. The summed E-state index contributed by atoms with van der Waals surface area (Å²) in [5.41, 5.74) is 0.546. The van der Waals surface area contributed by atoms with Crippen LogP contribution in [0.4, 0.5) is 11.6 Å². The van der Waals surface area contributed by atoms with Crippen LogP contribution in [0.5, 0.6) is 11.5 Å². The quantitative estimate of drug-likeness (QED) is 0.0136. The number of carbonyl (C=O) groups excluding carboxylic acids is 1. The molecule has 20 nitrogen and oxygen atoms in total. The summed E-state index contributed by atoms with van der Waals surface area (Å²) in [6.07, 6.45) is -2.94. The van der Waals surface area contributed by atoms with Crippen molar-refractivity contribution in [1.82, 2.24) is 24.2 Å². The van der Waals surface area contributed by atoms with Crippen molar-refractivity contribution < 1.29 is 47.2 Å². The van der Waals surface area contributed by atoms with Crippen molar-refractivity contribution in [1.29, 1.82) is 5.26 Å². The fourth-order valence-corrected chi connectivity index (χ4v) is 10.3. The van der Waals surface area contributed by atoms with Crippen LogP contribution in [-0.2, 0) is 45.0 Å². The number of carbonyl (C=O) groups is 1. The maximum Gasteiger partial charge on any atom is 0.280 e. The monoisotopic (exact) mass is 1020 g/mol. The summed E-state index contributed by atoms with van der Waals surface area (Å²) in [7, 11) is 1.21. The molecule has 0 bridgehead atoms. The lowest BCUT2D eigenvalue weighted by molar-refractivity contribution is -0.386. The van der Waals surface area contributed by atoms with E-state index >= 15 is 0 Å². The lowest BCUT2D eigenvalue weighted by atomic mass is 9.80. The van der Waals surface area contributed by atoms with Crippen LogP contribution in [-0.4, -0.2) is 99.6 Å². The van der Waals surface area contributed by atoms with Gasteiger partial charge in [0.25, 0.3) is 19.8 Å². The van der Waals surface area contributed by atoms with E-state index in [4.69, 9.17) is 37.5 Å². The molecule has 1 fully saturated rings. The maximum atomic E-state index is 13.6. The van der Waals surface area contributed by atoms with Crippen molar-refractivity contribution in [3.05, 3.63) is 152 Å². The third-order valence-corrected chi connectivity index (χ3v) is 14.2. The number of amides is 1. The van der Waals surface area contributed by atoms with Crippen LogP contribution in [0.25, 0.3) is 11.2 Å². The Balaban J connectivity index is 1.39. The van der Waals surface area contributed by atoms with Gasteiger partial charge in [-0.15, -0.1) is 0 Å². The number of aromatic amines is 1. The molecule has 0 radical (unpaired) electrons. The molecule has 6 aromatic rings. The number of nitrogens with one attached hydrogen (secondary N) is 2. The number of para-hydroxylation sites is 1. The topological polar surface area (TPSA) is 237 Å². The number of nitro groups is 1. The summed E-state index contributed by atoms with van der Waals surface area (Å²) in [5, 5.41) is 24.2. The molecule has 5 atom stereocenters. The van der Waals surface area contributed by atoms with E-state index < -0.39 is 61.9 Å². The largest absolute Gasteiger partial charge is 0.497 e. The van der Waals surface area contributed by atoms with Gasteiger partial charge in [0, 0.05) is 24.1 Å². The second-order valence-electron chi connectivity index (χ2n) is 17.9. The van der Waals surface area contributed by atoms with Crippen LogP contribution in [0.2, 0.25) is 0 Å². The number of nitriles is 1. The molecule has 4 aromatic carbocycles. The molecule has 386 valence electrons. The fourth-order valence-electron chi connectivity index (χ4n) is 8.57. The van der Waals surface area contributed by atoms with Gasteiger partial charge in [-0.1, -0.05) is 80.6 Å². The van der Waals surface area contributed by atoms with Crippen molar-refractivity contribution in [2.75, 3.05) is 39.5 Å². The first-order valence-electron chi connectivity index (χ1n) is 23.8. The maximum absolute atomic E-state index is 13.6. The smallest absolute Gasteiger partial charge is 0.280 e. The third kappa shape index (κ3) is 12.4. The molecule has 1 saturated heterocycles. The highest BCUT2D eigenvalue weighted by Crippen LogP contribution is 2.51. The molecule has 21 heteroatoms. The van der Waals surface area contributed by atoms with E-state index in [2.05, 4.69) is 31.0 Å². The standard InChI is InChI=1S/C52H61N8O12P/c1-33(2)48(61)56-51-55-47-44(49(62)57-51)54-31-58(47)50-46(68-32-67-29-36-15-12-13-18-42(36)60(63)64)45(72-73(70-28-14-27-53)59(34(3)4)35(5)6)43(71-50)30-69-52(37-16-10-9-11-17-37,38-19-23-40(65-7)24-20-38)39-21-25-41(66-8)26-22-39/h9-13,15-26,31,33-35,43,45-46,50H,14,28-30,32H2,1-8H3,(H2,55,56,57,61,62)/t43-,45-,46-,50-,73?/m0/s1. The predicted octanol–water partition coefficient (Wildman–Crippen LogP) is 8.77. The Labute approximate surface area is 424 Å². The van der Waals surface area contributed by atoms with Gasteiger partial charge in [0.1, 0.15) is 42.2 Å². The van der Waals surface area contributed by atoms with E-state index in [9.17, 15) is 25.0 Å². The van der Waals surface area contributed by atoms with E-state index in [0.717, 1.165) is 16.7 Å². The van der Waals surface area contributed by atoms with Crippen molar-refractivity contribution in [3.8, 4) is 17.6 Å². The minimum Gasteiger partial charge on any atom is -0.497 e.